The Balaban J connectivity index is 2.06. The van der Waals surface area contributed by atoms with E-state index in [1.807, 2.05) is 6.92 Å². The molecule has 1 amide bonds. The van der Waals surface area contributed by atoms with Crippen LogP contribution in [0.3, 0.4) is 0 Å². The van der Waals surface area contributed by atoms with E-state index in [0.29, 0.717) is 6.61 Å². The first-order valence-electron chi connectivity index (χ1n) is 6.27. The number of carbonyl (C=O) groups excluding carboxylic acids is 1. The lowest BCUT2D eigenvalue weighted by Gasteiger charge is -2.17. The number of halogens is 2. The normalized spacial score (nSPS) is 23.0. The summed E-state index contributed by atoms with van der Waals surface area (Å²) >= 11 is 0. The lowest BCUT2D eigenvalue weighted by atomic mass is 10.1. The highest BCUT2D eigenvalue weighted by Gasteiger charge is 2.29. The fourth-order valence-corrected chi connectivity index (χ4v) is 2.26. The number of nitrogens with zero attached hydrogens (tertiary/aromatic N) is 2. The molecule has 5 nitrogen and oxygen atoms in total. The standard InChI is InChI=1S/C12H17F2N3O2/c1-3-10-7(4-5-19-10)15-12(18)8-6-9(11(13)14)17(2)16-8/h6-7,10-11H,3-5H2,1-2H3,(H,15,18)/t7-,10+/m1/s1. The molecular weight excluding hydrogens is 256 g/mol. The van der Waals surface area contributed by atoms with Crippen molar-refractivity contribution in [1.29, 1.82) is 0 Å². The van der Waals surface area contributed by atoms with Crippen molar-refractivity contribution >= 4 is 5.91 Å². The first-order chi connectivity index (χ1) is 9.02. The van der Waals surface area contributed by atoms with Crippen molar-refractivity contribution in [3.8, 4) is 0 Å². The van der Waals surface area contributed by atoms with Gasteiger partial charge in [-0.3, -0.25) is 9.48 Å². The van der Waals surface area contributed by atoms with Gasteiger partial charge in [-0.05, 0) is 18.9 Å². The third kappa shape index (κ3) is 2.91. The Morgan fingerprint density at radius 1 is 1.68 bits per heavy atom. The van der Waals surface area contributed by atoms with E-state index in [0.717, 1.165) is 23.6 Å². The second-order valence-corrected chi connectivity index (χ2v) is 4.56. The summed E-state index contributed by atoms with van der Waals surface area (Å²) in [5, 5.41) is 6.60. The Labute approximate surface area is 109 Å². The molecule has 0 spiro atoms. The van der Waals surface area contributed by atoms with E-state index in [1.165, 1.54) is 7.05 Å². The second-order valence-electron chi connectivity index (χ2n) is 4.56. The smallest absolute Gasteiger partial charge is 0.280 e. The van der Waals surface area contributed by atoms with E-state index in [2.05, 4.69) is 10.4 Å². The molecule has 1 fully saturated rings. The van der Waals surface area contributed by atoms with Gasteiger partial charge < -0.3 is 10.1 Å². The number of aryl methyl sites for hydroxylation is 1. The van der Waals surface area contributed by atoms with E-state index in [1.54, 1.807) is 0 Å². The summed E-state index contributed by atoms with van der Waals surface area (Å²) in [6, 6.07) is 1.05. The van der Waals surface area contributed by atoms with Gasteiger partial charge in [-0.1, -0.05) is 6.92 Å². The summed E-state index contributed by atoms with van der Waals surface area (Å²) in [5.41, 5.74) is -0.251. The number of ether oxygens (including phenoxy) is 1. The fourth-order valence-electron chi connectivity index (χ4n) is 2.26. The second kappa shape index (κ2) is 5.64. The number of nitrogens with one attached hydrogen (secondary N) is 1. The molecule has 1 aromatic rings. The molecule has 7 heteroatoms. The SMILES string of the molecule is CC[C@@H]1OCC[C@H]1NC(=O)c1cc(C(F)F)n(C)n1. The van der Waals surface area contributed by atoms with Gasteiger partial charge in [-0.2, -0.15) is 5.10 Å². The average molecular weight is 273 g/mol. The number of alkyl halides is 2. The van der Waals surface area contributed by atoms with Crippen LogP contribution in [0.15, 0.2) is 6.07 Å². The highest BCUT2D eigenvalue weighted by Crippen LogP contribution is 2.20. The van der Waals surface area contributed by atoms with Crippen molar-refractivity contribution < 1.29 is 18.3 Å². The molecule has 0 aromatic carbocycles. The zero-order valence-corrected chi connectivity index (χ0v) is 10.9. The number of aromatic nitrogens is 2. The van der Waals surface area contributed by atoms with Crippen LogP contribution in [0.25, 0.3) is 0 Å². The first-order valence-corrected chi connectivity index (χ1v) is 6.27. The molecule has 1 saturated heterocycles. The molecule has 1 N–H and O–H groups in total. The number of rotatable bonds is 4. The minimum absolute atomic E-state index is 0.0118. The van der Waals surface area contributed by atoms with Gasteiger partial charge in [0.15, 0.2) is 5.69 Å². The number of amides is 1. The Morgan fingerprint density at radius 2 is 2.42 bits per heavy atom. The van der Waals surface area contributed by atoms with Crippen LogP contribution >= 0.6 is 0 Å². The van der Waals surface area contributed by atoms with Gasteiger partial charge in [0, 0.05) is 13.7 Å². The Morgan fingerprint density at radius 3 is 3.00 bits per heavy atom. The predicted octanol–water partition coefficient (Wildman–Crippen LogP) is 1.66. The maximum absolute atomic E-state index is 12.6. The molecule has 0 bridgehead atoms. The van der Waals surface area contributed by atoms with Crippen LogP contribution in [0.5, 0.6) is 0 Å². The summed E-state index contributed by atoms with van der Waals surface area (Å²) in [6.07, 6.45) is -1.12. The Kier molecular flexibility index (Phi) is 4.14. The Hall–Kier alpha value is -1.50. The number of hydrogen-bond acceptors (Lipinski definition) is 3. The van der Waals surface area contributed by atoms with Crippen molar-refractivity contribution in [3.63, 3.8) is 0 Å². The van der Waals surface area contributed by atoms with Crippen LogP contribution in [-0.4, -0.2) is 34.4 Å². The van der Waals surface area contributed by atoms with Gasteiger partial charge in [0.05, 0.1) is 12.1 Å². The largest absolute Gasteiger partial charge is 0.376 e. The van der Waals surface area contributed by atoms with Crippen LogP contribution < -0.4 is 5.32 Å². The van der Waals surface area contributed by atoms with Crippen molar-refractivity contribution in [2.75, 3.05) is 6.61 Å². The summed E-state index contributed by atoms with van der Waals surface area (Å²) in [4.78, 5) is 12.0. The van der Waals surface area contributed by atoms with E-state index in [4.69, 9.17) is 4.74 Å². The topological polar surface area (TPSA) is 56.1 Å². The molecule has 2 rings (SSSR count). The summed E-state index contributed by atoms with van der Waals surface area (Å²) in [5.74, 6) is -0.434. The van der Waals surface area contributed by atoms with Gasteiger partial charge >= 0.3 is 0 Å². The minimum Gasteiger partial charge on any atom is -0.376 e. The fraction of sp³-hybridized carbons (Fsp3) is 0.667. The van der Waals surface area contributed by atoms with Crippen LogP contribution in [-0.2, 0) is 11.8 Å². The highest BCUT2D eigenvalue weighted by atomic mass is 19.3. The zero-order valence-electron chi connectivity index (χ0n) is 10.9. The van der Waals surface area contributed by atoms with Gasteiger partial charge in [0.25, 0.3) is 12.3 Å². The maximum Gasteiger partial charge on any atom is 0.280 e. The van der Waals surface area contributed by atoms with Crippen LogP contribution in [0, 0.1) is 0 Å². The molecule has 1 aliphatic heterocycles. The third-order valence-electron chi connectivity index (χ3n) is 3.30. The molecule has 0 saturated carbocycles. The van der Waals surface area contributed by atoms with Gasteiger partial charge in [0.1, 0.15) is 5.69 Å². The molecule has 0 radical (unpaired) electrons. The van der Waals surface area contributed by atoms with Crippen molar-refractivity contribution in [1.82, 2.24) is 15.1 Å². The van der Waals surface area contributed by atoms with E-state index in [9.17, 15) is 13.6 Å². The van der Waals surface area contributed by atoms with Crippen LogP contribution in [0.2, 0.25) is 0 Å². The van der Waals surface area contributed by atoms with Gasteiger partial charge in [-0.25, -0.2) is 8.78 Å². The molecule has 1 aromatic heterocycles. The lowest BCUT2D eigenvalue weighted by molar-refractivity contribution is 0.0805. The van der Waals surface area contributed by atoms with E-state index < -0.39 is 12.3 Å². The average Bonchev–Trinajstić information content (AvgIpc) is 2.95. The van der Waals surface area contributed by atoms with Gasteiger partial charge in [-0.15, -0.1) is 0 Å². The number of carbonyl (C=O) groups is 1. The molecular formula is C12H17F2N3O2. The Bertz CT molecular complexity index is 462. The first kappa shape index (κ1) is 13.9. The maximum atomic E-state index is 12.6. The monoisotopic (exact) mass is 273 g/mol. The van der Waals surface area contributed by atoms with Crippen molar-refractivity contribution in [2.24, 2.45) is 7.05 Å². The van der Waals surface area contributed by atoms with Crippen LogP contribution in [0.4, 0.5) is 8.78 Å². The molecule has 0 unspecified atom stereocenters. The predicted molar refractivity (Wildman–Crippen MR) is 64.1 cm³/mol. The minimum atomic E-state index is -2.64. The van der Waals surface area contributed by atoms with Gasteiger partial charge in [0.2, 0.25) is 0 Å². The summed E-state index contributed by atoms with van der Waals surface area (Å²) in [6.45, 7) is 2.58. The molecule has 2 heterocycles. The summed E-state index contributed by atoms with van der Waals surface area (Å²) < 4.78 is 31.7. The molecule has 106 valence electrons. The van der Waals surface area contributed by atoms with E-state index in [-0.39, 0.29) is 23.5 Å². The molecule has 0 aliphatic carbocycles. The zero-order chi connectivity index (χ0) is 14.0. The number of hydrogen-bond donors (Lipinski definition) is 1. The molecule has 2 atom stereocenters. The molecule has 1 aliphatic rings. The quantitative estimate of drug-likeness (QED) is 0.907. The van der Waals surface area contributed by atoms with Crippen molar-refractivity contribution in [3.05, 3.63) is 17.5 Å². The van der Waals surface area contributed by atoms with E-state index >= 15 is 0 Å². The lowest BCUT2D eigenvalue weighted by Crippen LogP contribution is -2.40. The third-order valence-corrected chi connectivity index (χ3v) is 3.30. The van der Waals surface area contributed by atoms with Crippen molar-refractivity contribution in [2.45, 2.75) is 38.3 Å². The molecule has 19 heavy (non-hydrogen) atoms. The van der Waals surface area contributed by atoms with Crippen LogP contribution in [0.1, 0.15) is 42.4 Å². The highest BCUT2D eigenvalue weighted by molar-refractivity contribution is 5.92. The summed E-state index contributed by atoms with van der Waals surface area (Å²) in [7, 11) is 1.39.